The van der Waals surface area contributed by atoms with E-state index >= 15 is 0 Å². The molecule has 3 aromatic rings. The predicted octanol–water partition coefficient (Wildman–Crippen LogP) is 4.91. The number of nitrogens with one attached hydrogen (secondary N) is 1. The van der Waals surface area contributed by atoms with Crippen molar-refractivity contribution in [3.05, 3.63) is 75.2 Å². The highest BCUT2D eigenvalue weighted by atomic mass is 35.5. The van der Waals surface area contributed by atoms with Crippen LogP contribution in [0.1, 0.15) is 48.0 Å². The number of carbonyl (C=O) groups excluding carboxylic acids is 1. The second-order valence-electron chi connectivity index (χ2n) is 8.21. The van der Waals surface area contributed by atoms with Gasteiger partial charge in [0.1, 0.15) is 0 Å². The molecule has 0 saturated heterocycles. The van der Waals surface area contributed by atoms with Crippen LogP contribution in [-0.2, 0) is 6.54 Å². The molecule has 1 amide bonds. The molecule has 1 aliphatic carbocycles. The lowest BCUT2D eigenvalue weighted by Gasteiger charge is -2.32. The van der Waals surface area contributed by atoms with Crippen LogP contribution in [0.4, 0.5) is 5.69 Å². The first-order valence-corrected chi connectivity index (χ1v) is 10.7. The van der Waals surface area contributed by atoms with Gasteiger partial charge in [-0.25, -0.2) is 0 Å². The van der Waals surface area contributed by atoms with Crippen molar-refractivity contribution in [2.24, 2.45) is 0 Å². The summed E-state index contributed by atoms with van der Waals surface area (Å²) in [5.41, 5.74) is 0.901. The molecule has 1 aromatic heterocycles. The number of halogens is 1. The SMILES string of the molecule is Cc1cc(Cl)ccc1C(=O)Nc1cccc2c(=O)n(CC3(O)CCCCC3)ccc12. The van der Waals surface area contributed by atoms with Crippen molar-refractivity contribution in [2.75, 3.05) is 5.32 Å². The van der Waals surface area contributed by atoms with Crippen molar-refractivity contribution >= 4 is 34.0 Å². The summed E-state index contributed by atoms with van der Waals surface area (Å²) in [5, 5.41) is 15.5. The number of hydrogen-bond donors (Lipinski definition) is 2. The Hall–Kier alpha value is -2.63. The first kappa shape index (κ1) is 20.6. The molecule has 1 fully saturated rings. The van der Waals surface area contributed by atoms with Crippen LogP contribution in [0, 0.1) is 6.92 Å². The van der Waals surface area contributed by atoms with Crippen molar-refractivity contribution in [1.29, 1.82) is 0 Å². The highest BCUT2D eigenvalue weighted by molar-refractivity contribution is 6.30. The van der Waals surface area contributed by atoms with E-state index in [9.17, 15) is 14.7 Å². The van der Waals surface area contributed by atoms with Gasteiger partial charge in [0.25, 0.3) is 11.5 Å². The maximum absolute atomic E-state index is 13.1. The number of nitrogens with zero attached hydrogens (tertiary/aromatic N) is 1. The van der Waals surface area contributed by atoms with Gasteiger partial charge in [-0.3, -0.25) is 9.59 Å². The van der Waals surface area contributed by atoms with Gasteiger partial charge in [0, 0.05) is 33.2 Å². The molecule has 5 nitrogen and oxygen atoms in total. The topological polar surface area (TPSA) is 71.3 Å². The Labute approximate surface area is 180 Å². The zero-order chi connectivity index (χ0) is 21.3. The maximum Gasteiger partial charge on any atom is 0.258 e. The Kier molecular flexibility index (Phi) is 5.67. The van der Waals surface area contributed by atoms with E-state index in [0.717, 1.165) is 24.8 Å². The number of anilines is 1. The zero-order valence-corrected chi connectivity index (χ0v) is 17.7. The number of amides is 1. The fourth-order valence-corrected chi connectivity index (χ4v) is 4.53. The molecule has 30 heavy (non-hydrogen) atoms. The summed E-state index contributed by atoms with van der Waals surface area (Å²) in [7, 11) is 0. The smallest absolute Gasteiger partial charge is 0.258 e. The summed E-state index contributed by atoms with van der Waals surface area (Å²) in [6.45, 7) is 2.13. The molecule has 0 radical (unpaired) electrons. The number of pyridine rings is 1. The summed E-state index contributed by atoms with van der Waals surface area (Å²) in [4.78, 5) is 25.8. The van der Waals surface area contributed by atoms with Crippen molar-refractivity contribution in [3.63, 3.8) is 0 Å². The highest BCUT2D eigenvalue weighted by Crippen LogP contribution is 2.30. The van der Waals surface area contributed by atoms with Gasteiger partial charge in [0.2, 0.25) is 0 Å². The monoisotopic (exact) mass is 424 g/mol. The second-order valence-corrected chi connectivity index (χ2v) is 8.65. The number of benzene rings is 2. The summed E-state index contributed by atoms with van der Waals surface area (Å²) in [6.07, 6.45) is 6.24. The number of carbonyl (C=O) groups is 1. The van der Waals surface area contributed by atoms with Gasteiger partial charge in [-0.05, 0) is 61.7 Å². The lowest BCUT2D eigenvalue weighted by atomic mass is 9.85. The van der Waals surface area contributed by atoms with E-state index < -0.39 is 5.60 Å². The largest absolute Gasteiger partial charge is 0.388 e. The van der Waals surface area contributed by atoms with Crippen molar-refractivity contribution in [2.45, 2.75) is 51.2 Å². The zero-order valence-electron chi connectivity index (χ0n) is 17.0. The number of aromatic nitrogens is 1. The molecule has 1 heterocycles. The van der Waals surface area contributed by atoms with E-state index in [0.29, 0.717) is 46.4 Å². The average molecular weight is 425 g/mol. The third kappa shape index (κ3) is 4.13. The third-order valence-corrected chi connectivity index (χ3v) is 6.18. The number of rotatable bonds is 4. The van der Waals surface area contributed by atoms with E-state index in [1.54, 1.807) is 47.2 Å². The number of aliphatic hydroxyl groups is 1. The minimum absolute atomic E-state index is 0.162. The summed E-state index contributed by atoms with van der Waals surface area (Å²) < 4.78 is 1.59. The van der Waals surface area contributed by atoms with E-state index in [-0.39, 0.29) is 11.5 Å². The molecule has 6 heteroatoms. The number of aryl methyl sites for hydroxylation is 1. The Bertz CT molecular complexity index is 1160. The Morgan fingerprint density at radius 2 is 1.90 bits per heavy atom. The van der Waals surface area contributed by atoms with Crippen molar-refractivity contribution < 1.29 is 9.90 Å². The molecule has 1 aliphatic rings. The molecule has 0 atom stereocenters. The van der Waals surface area contributed by atoms with Gasteiger partial charge in [-0.2, -0.15) is 0 Å². The van der Waals surface area contributed by atoms with Crippen LogP contribution in [-0.4, -0.2) is 21.2 Å². The number of hydrogen-bond acceptors (Lipinski definition) is 3. The molecule has 1 saturated carbocycles. The Morgan fingerprint density at radius 1 is 1.13 bits per heavy atom. The molecule has 156 valence electrons. The van der Waals surface area contributed by atoms with E-state index in [1.807, 2.05) is 13.0 Å². The normalized spacial score (nSPS) is 15.8. The molecule has 0 spiro atoms. The third-order valence-electron chi connectivity index (χ3n) is 5.95. The lowest BCUT2D eigenvalue weighted by Crippen LogP contribution is -2.39. The fraction of sp³-hybridized carbons (Fsp3) is 0.333. The molecule has 2 N–H and O–H groups in total. The van der Waals surface area contributed by atoms with Crippen LogP contribution in [0.3, 0.4) is 0 Å². The predicted molar refractivity (Wildman–Crippen MR) is 120 cm³/mol. The standard InChI is InChI=1S/C24H25ClN2O3/c1-16-14-17(25)8-9-18(16)22(28)26-21-7-5-6-20-19(21)10-13-27(23(20)29)15-24(30)11-3-2-4-12-24/h5-10,13-14,30H,2-4,11-12,15H2,1H3,(H,26,28). The summed E-state index contributed by atoms with van der Waals surface area (Å²) in [5.74, 6) is -0.252. The average Bonchev–Trinajstić information content (AvgIpc) is 2.71. The molecule has 0 unspecified atom stereocenters. The quantitative estimate of drug-likeness (QED) is 0.625. The van der Waals surface area contributed by atoms with Crippen LogP contribution < -0.4 is 10.9 Å². The first-order valence-electron chi connectivity index (χ1n) is 10.3. The first-order chi connectivity index (χ1) is 14.4. The van der Waals surface area contributed by atoms with Crippen LogP contribution in [0.2, 0.25) is 5.02 Å². The molecule has 2 aromatic carbocycles. The van der Waals surface area contributed by atoms with Crippen molar-refractivity contribution in [1.82, 2.24) is 4.57 Å². The van der Waals surface area contributed by atoms with Gasteiger partial charge >= 0.3 is 0 Å². The lowest BCUT2D eigenvalue weighted by molar-refractivity contribution is -0.0121. The molecular weight excluding hydrogens is 400 g/mol. The minimum atomic E-state index is -0.826. The van der Waals surface area contributed by atoms with E-state index in [1.165, 1.54) is 0 Å². The van der Waals surface area contributed by atoms with E-state index in [2.05, 4.69) is 5.32 Å². The van der Waals surface area contributed by atoms with Crippen LogP contribution in [0.5, 0.6) is 0 Å². The molecule has 0 bridgehead atoms. The summed E-state index contributed by atoms with van der Waals surface area (Å²) >= 11 is 5.99. The molecule has 0 aliphatic heterocycles. The minimum Gasteiger partial charge on any atom is -0.388 e. The highest BCUT2D eigenvalue weighted by Gasteiger charge is 2.30. The van der Waals surface area contributed by atoms with E-state index in [4.69, 9.17) is 11.6 Å². The summed E-state index contributed by atoms with van der Waals surface area (Å²) in [6, 6.07) is 12.2. The van der Waals surface area contributed by atoms with Gasteiger partial charge in [-0.15, -0.1) is 0 Å². The van der Waals surface area contributed by atoms with Gasteiger partial charge in [0.05, 0.1) is 12.1 Å². The Morgan fingerprint density at radius 3 is 2.63 bits per heavy atom. The van der Waals surface area contributed by atoms with Gasteiger partial charge in [0.15, 0.2) is 0 Å². The fourth-order valence-electron chi connectivity index (χ4n) is 4.31. The van der Waals surface area contributed by atoms with Gasteiger partial charge < -0.3 is 15.0 Å². The van der Waals surface area contributed by atoms with Crippen LogP contribution in [0.15, 0.2) is 53.5 Å². The van der Waals surface area contributed by atoms with Gasteiger partial charge in [-0.1, -0.05) is 36.9 Å². The van der Waals surface area contributed by atoms with Crippen molar-refractivity contribution in [3.8, 4) is 0 Å². The number of fused-ring (bicyclic) bond motifs is 1. The second kappa shape index (κ2) is 8.25. The van der Waals surface area contributed by atoms with Crippen LogP contribution in [0.25, 0.3) is 10.8 Å². The van der Waals surface area contributed by atoms with Crippen LogP contribution >= 0.6 is 11.6 Å². The maximum atomic E-state index is 13.1. The molecule has 4 rings (SSSR count). The molecular formula is C24H25ClN2O3. The Balaban J connectivity index is 1.65.